The van der Waals surface area contributed by atoms with Gasteiger partial charge in [-0.15, -0.1) is 0 Å². The number of carbonyl (C=O) groups excluding carboxylic acids is 1. The Morgan fingerprint density at radius 3 is 2.75 bits per heavy atom. The highest BCUT2D eigenvalue weighted by molar-refractivity contribution is 5.96. The van der Waals surface area contributed by atoms with Gasteiger partial charge in [-0.05, 0) is 37.1 Å². The van der Waals surface area contributed by atoms with Gasteiger partial charge in [0.2, 0.25) is 0 Å². The summed E-state index contributed by atoms with van der Waals surface area (Å²) in [6.07, 6.45) is 2.43. The van der Waals surface area contributed by atoms with Gasteiger partial charge in [0.25, 0.3) is 5.91 Å². The van der Waals surface area contributed by atoms with Crippen LogP contribution in [0.3, 0.4) is 0 Å². The zero-order chi connectivity index (χ0) is 15.1. The first-order chi connectivity index (χ1) is 9.43. The summed E-state index contributed by atoms with van der Waals surface area (Å²) >= 11 is 0. The summed E-state index contributed by atoms with van der Waals surface area (Å²) in [5, 5.41) is 11.4. The van der Waals surface area contributed by atoms with Gasteiger partial charge >= 0.3 is 5.97 Å². The van der Waals surface area contributed by atoms with Gasteiger partial charge in [-0.3, -0.25) is 4.79 Å². The lowest BCUT2D eigenvalue weighted by molar-refractivity contribution is -0.131. The maximum atomic E-state index is 12.1. The van der Waals surface area contributed by atoms with Crippen LogP contribution in [0.15, 0.2) is 24.3 Å². The molecular formula is C15H19NO4. The predicted molar refractivity (Wildman–Crippen MR) is 76.7 cm³/mol. The van der Waals surface area contributed by atoms with Crippen molar-refractivity contribution in [1.82, 2.24) is 5.32 Å². The van der Waals surface area contributed by atoms with E-state index in [1.807, 2.05) is 13.8 Å². The van der Waals surface area contributed by atoms with Crippen molar-refractivity contribution in [2.24, 2.45) is 0 Å². The van der Waals surface area contributed by atoms with Crippen LogP contribution in [0, 0.1) is 6.92 Å². The van der Waals surface area contributed by atoms with E-state index in [-0.39, 0.29) is 12.0 Å². The minimum Gasteiger partial charge on any atom is -0.478 e. The molecule has 1 rings (SSSR count). The Bertz CT molecular complexity index is 523. The lowest BCUT2D eigenvalue weighted by Crippen LogP contribution is -2.32. The highest BCUT2D eigenvalue weighted by Crippen LogP contribution is 2.12. The van der Waals surface area contributed by atoms with Gasteiger partial charge in [-0.25, -0.2) is 4.79 Å². The number of ether oxygens (including phenoxy) is 1. The maximum Gasteiger partial charge on any atom is 0.328 e. The number of benzene rings is 1. The zero-order valence-electron chi connectivity index (χ0n) is 11.8. The van der Waals surface area contributed by atoms with Crippen molar-refractivity contribution >= 4 is 18.0 Å². The summed E-state index contributed by atoms with van der Waals surface area (Å²) in [7, 11) is 1.58. The van der Waals surface area contributed by atoms with Crippen molar-refractivity contribution in [2.75, 3.05) is 13.7 Å². The third-order valence-corrected chi connectivity index (χ3v) is 2.88. The Balaban J connectivity index is 2.85. The summed E-state index contributed by atoms with van der Waals surface area (Å²) in [4.78, 5) is 22.6. The largest absolute Gasteiger partial charge is 0.478 e. The van der Waals surface area contributed by atoms with Crippen LogP contribution in [0.5, 0.6) is 0 Å². The van der Waals surface area contributed by atoms with Gasteiger partial charge in [-0.2, -0.15) is 0 Å². The number of nitrogens with one attached hydrogen (secondary N) is 1. The summed E-state index contributed by atoms with van der Waals surface area (Å²) in [6.45, 7) is 4.11. The Hall–Kier alpha value is -2.14. The molecule has 5 heteroatoms. The fraction of sp³-hybridized carbons (Fsp3) is 0.333. The number of methoxy groups -OCH3 is 1. The minimum absolute atomic E-state index is 0.0608. The highest BCUT2D eigenvalue weighted by Gasteiger charge is 2.10. The van der Waals surface area contributed by atoms with Crippen LogP contribution in [-0.2, 0) is 9.53 Å². The molecule has 2 N–H and O–H groups in total. The highest BCUT2D eigenvalue weighted by atomic mass is 16.5. The molecule has 0 fully saturated rings. The van der Waals surface area contributed by atoms with Gasteiger partial charge in [0.05, 0.1) is 6.10 Å². The molecule has 0 saturated carbocycles. The maximum absolute atomic E-state index is 12.1. The number of amides is 1. The lowest BCUT2D eigenvalue weighted by Gasteiger charge is -2.12. The van der Waals surface area contributed by atoms with Crippen LogP contribution in [0.2, 0.25) is 0 Å². The average molecular weight is 277 g/mol. The third kappa shape index (κ3) is 4.85. The van der Waals surface area contributed by atoms with Gasteiger partial charge in [0.15, 0.2) is 0 Å². The number of carbonyl (C=O) groups is 2. The fourth-order valence-electron chi connectivity index (χ4n) is 1.57. The Labute approximate surface area is 118 Å². The molecule has 0 aromatic heterocycles. The summed E-state index contributed by atoms with van der Waals surface area (Å²) in [6, 6.07) is 5.22. The summed E-state index contributed by atoms with van der Waals surface area (Å²) in [5.41, 5.74) is 2.03. The smallest absolute Gasteiger partial charge is 0.328 e. The Morgan fingerprint density at radius 1 is 1.45 bits per heavy atom. The second kappa shape index (κ2) is 7.45. The van der Waals surface area contributed by atoms with Crippen LogP contribution < -0.4 is 5.32 Å². The summed E-state index contributed by atoms with van der Waals surface area (Å²) < 4.78 is 5.06. The molecule has 1 atom stereocenters. The van der Waals surface area contributed by atoms with Crippen molar-refractivity contribution in [1.29, 1.82) is 0 Å². The van der Waals surface area contributed by atoms with E-state index >= 15 is 0 Å². The Kier molecular flexibility index (Phi) is 5.93. The molecule has 1 unspecified atom stereocenters. The van der Waals surface area contributed by atoms with E-state index in [2.05, 4.69) is 5.32 Å². The van der Waals surface area contributed by atoms with E-state index in [0.29, 0.717) is 17.7 Å². The van der Waals surface area contributed by atoms with E-state index in [9.17, 15) is 9.59 Å². The standard InChI is InChI=1S/C15H19NO4/c1-10-4-5-12(6-7-14(17)18)8-13(10)15(19)16-9-11(2)20-3/h4-8,11H,9H2,1-3H3,(H,16,19)(H,17,18)/b7-6+. The lowest BCUT2D eigenvalue weighted by atomic mass is 10.0. The van der Waals surface area contributed by atoms with E-state index < -0.39 is 5.97 Å². The first kappa shape index (κ1) is 15.9. The van der Waals surface area contributed by atoms with Gasteiger partial charge in [-0.1, -0.05) is 12.1 Å². The second-order valence-corrected chi connectivity index (χ2v) is 4.50. The molecule has 0 aliphatic heterocycles. The van der Waals surface area contributed by atoms with Gasteiger partial charge in [0.1, 0.15) is 0 Å². The first-order valence-corrected chi connectivity index (χ1v) is 6.26. The van der Waals surface area contributed by atoms with Crippen LogP contribution in [0.4, 0.5) is 0 Å². The number of aliphatic carboxylic acids is 1. The predicted octanol–water partition coefficient (Wildman–Crippen LogP) is 1.86. The number of carboxylic acid groups (broad SMARTS) is 1. The Morgan fingerprint density at radius 2 is 2.15 bits per heavy atom. The number of hydrogen-bond donors (Lipinski definition) is 2. The van der Waals surface area contributed by atoms with Crippen LogP contribution >= 0.6 is 0 Å². The molecule has 0 radical (unpaired) electrons. The number of hydrogen-bond acceptors (Lipinski definition) is 3. The molecule has 0 bridgehead atoms. The van der Waals surface area contributed by atoms with Crippen molar-refractivity contribution in [2.45, 2.75) is 20.0 Å². The van der Waals surface area contributed by atoms with Crippen molar-refractivity contribution < 1.29 is 19.4 Å². The molecule has 108 valence electrons. The normalized spacial score (nSPS) is 12.3. The van der Waals surface area contributed by atoms with Crippen molar-refractivity contribution in [3.05, 3.63) is 41.0 Å². The third-order valence-electron chi connectivity index (χ3n) is 2.88. The molecular weight excluding hydrogens is 258 g/mol. The topological polar surface area (TPSA) is 75.6 Å². The average Bonchev–Trinajstić information content (AvgIpc) is 2.43. The van der Waals surface area contributed by atoms with Crippen LogP contribution in [0.25, 0.3) is 6.08 Å². The molecule has 0 saturated heterocycles. The number of carboxylic acids is 1. The quantitative estimate of drug-likeness (QED) is 0.778. The molecule has 1 aromatic rings. The molecule has 20 heavy (non-hydrogen) atoms. The molecule has 0 spiro atoms. The van der Waals surface area contributed by atoms with Crippen molar-refractivity contribution in [3.8, 4) is 0 Å². The van der Waals surface area contributed by atoms with Crippen LogP contribution in [-0.4, -0.2) is 36.7 Å². The molecule has 5 nitrogen and oxygen atoms in total. The first-order valence-electron chi connectivity index (χ1n) is 6.26. The SMILES string of the molecule is COC(C)CNC(=O)c1cc(/C=C/C(=O)O)ccc1C. The second-order valence-electron chi connectivity index (χ2n) is 4.50. The molecule has 0 heterocycles. The molecule has 1 aromatic carbocycles. The molecule has 0 aliphatic carbocycles. The van der Waals surface area contributed by atoms with E-state index in [4.69, 9.17) is 9.84 Å². The number of rotatable bonds is 6. The monoisotopic (exact) mass is 277 g/mol. The van der Waals surface area contributed by atoms with Gasteiger partial charge in [0, 0.05) is 25.3 Å². The molecule has 0 aliphatic rings. The van der Waals surface area contributed by atoms with E-state index in [1.165, 1.54) is 6.08 Å². The van der Waals surface area contributed by atoms with E-state index in [1.54, 1.807) is 25.3 Å². The number of aryl methyl sites for hydroxylation is 1. The fourth-order valence-corrected chi connectivity index (χ4v) is 1.57. The van der Waals surface area contributed by atoms with Gasteiger partial charge < -0.3 is 15.2 Å². The van der Waals surface area contributed by atoms with Crippen molar-refractivity contribution in [3.63, 3.8) is 0 Å². The summed E-state index contributed by atoms with van der Waals surface area (Å²) in [5.74, 6) is -1.22. The zero-order valence-corrected chi connectivity index (χ0v) is 11.8. The van der Waals surface area contributed by atoms with E-state index in [0.717, 1.165) is 11.6 Å². The minimum atomic E-state index is -1.02. The molecule has 1 amide bonds. The van der Waals surface area contributed by atoms with Crippen LogP contribution in [0.1, 0.15) is 28.4 Å².